The van der Waals surface area contributed by atoms with Gasteiger partial charge in [-0.05, 0) is 66.7 Å². The zero-order valence-corrected chi connectivity index (χ0v) is 22.2. The average Bonchev–Trinajstić information content (AvgIpc) is 2.95. The van der Waals surface area contributed by atoms with Gasteiger partial charge in [-0.25, -0.2) is 18.4 Å². The topological polar surface area (TPSA) is 139 Å². The van der Waals surface area contributed by atoms with Gasteiger partial charge in [0.1, 0.15) is 11.6 Å². The zero-order chi connectivity index (χ0) is 31.7. The number of hydrogen-bond acceptors (Lipinski definition) is 6. The van der Waals surface area contributed by atoms with Crippen LogP contribution in [0.2, 0.25) is 0 Å². The third kappa shape index (κ3) is 9.78. The number of aromatic carboxylic acids is 1. The van der Waals surface area contributed by atoms with Gasteiger partial charge in [-0.1, -0.05) is 0 Å². The molecule has 43 heavy (non-hydrogen) atoms. The van der Waals surface area contributed by atoms with Gasteiger partial charge < -0.3 is 25.7 Å². The van der Waals surface area contributed by atoms with Gasteiger partial charge in [-0.2, -0.15) is 13.2 Å². The van der Waals surface area contributed by atoms with Crippen molar-refractivity contribution in [1.82, 2.24) is 4.90 Å². The normalized spacial score (nSPS) is 13.4. The summed E-state index contributed by atoms with van der Waals surface area (Å²) in [5.74, 6) is -5.44. The molecule has 0 spiro atoms. The van der Waals surface area contributed by atoms with E-state index in [1.807, 2.05) is 9.80 Å². The molecule has 0 aromatic heterocycles. The Kier molecular flexibility index (Phi) is 10.7. The Balaban J connectivity index is 0.000000646. The highest BCUT2D eigenvalue weighted by atomic mass is 19.4. The van der Waals surface area contributed by atoms with Crippen LogP contribution in [0, 0.1) is 11.6 Å². The molecule has 3 aromatic carbocycles. The number of alkyl halides is 3. The zero-order valence-electron chi connectivity index (χ0n) is 22.2. The van der Waals surface area contributed by atoms with Crippen LogP contribution in [0.3, 0.4) is 0 Å². The number of amides is 2. The maximum atomic E-state index is 13.2. The maximum absolute atomic E-state index is 13.2. The van der Waals surface area contributed by atoms with Crippen molar-refractivity contribution in [2.75, 3.05) is 48.3 Å². The summed E-state index contributed by atoms with van der Waals surface area (Å²) in [7, 11) is 0. The Morgan fingerprint density at radius 1 is 0.744 bits per heavy atom. The Bertz CT molecular complexity index is 1460. The number of carboxylic acids is 2. The number of piperazine rings is 1. The minimum atomic E-state index is -5.08. The molecule has 0 unspecified atom stereocenters. The third-order valence-electron chi connectivity index (χ3n) is 6.05. The summed E-state index contributed by atoms with van der Waals surface area (Å²) in [5, 5.41) is 22.0. The number of nitrogens with one attached hydrogen (secondary N) is 2. The van der Waals surface area contributed by atoms with E-state index in [-0.39, 0.29) is 29.4 Å². The van der Waals surface area contributed by atoms with Crippen LogP contribution in [0.1, 0.15) is 20.7 Å². The van der Waals surface area contributed by atoms with Gasteiger partial charge in [-0.3, -0.25) is 14.5 Å². The van der Waals surface area contributed by atoms with E-state index in [4.69, 9.17) is 9.90 Å². The van der Waals surface area contributed by atoms with Crippen LogP contribution < -0.4 is 15.5 Å². The Morgan fingerprint density at radius 3 is 1.77 bits per heavy atom. The van der Waals surface area contributed by atoms with Crippen LogP contribution in [-0.4, -0.2) is 77.8 Å². The fraction of sp³-hybridized carbons (Fsp3) is 0.214. The fourth-order valence-corrected chi connectivity index (χ4v) is 3.92. The Labute approximate surface area is 241 Å². The molecule has 3 aromatic rings. The van der Waals surface area contributed by atoms with Crippen molar-refractivity contribution < 1.29 is 51.3 Å². The van der Waals surface area contributed by atoms with Gasteiger partial charge in [0.2, 0.25) is 5.91 Å². The molecular formula is C28H25F5N4O6. The highest BCUT2D eigenvalue weighted by Gasteiger charge is 2.38. The van der Waals surface area contributed by atoms with E-state index in [9.17, 15) is 41.4 Å². The van der Waals surface area contributed by atoms with Gasteiger partial charge in [0, 0.05) is 37.4 Å². The van der Waals surface area contributed by atoms with Gasteiger partial charge >= 0.3 is 18.1 Å². The van der Waals surface area contributed by atoms with E-state index in [0.29, 0.717) is 43.2 Å². The highest BCUT2D eigenvalue weighted by Crippen LogP contribution is 2.29. The summed E-state index contributed by atoms with van der Waals surface area (Å²) >= 11 is 0. The van der Waals surface area contributed by atoms with Gasteiger partial charge in [0.25, 0.3) is 5.91 Å². The lowest BCUT2D eigenvalue weighted by Crippen LogP contribution is -2.48. The predicted octanol–water partition coefficient (Wildman–Crippen LogP) is 4.31. The molecular weight excluding hydrogens is 583 g/mol. The molecule has 1 saturated heterocycles. The number of anilines is 3. The van der Waals surface area contributed by atoms with Crippen molar-refractivity contribution in [2.24, 2.45) is 0 Å². The number of benzene rings is 3. The predicted molar refractivity (Wildman–Crippen MR) is 145 cm³/mol. The lowest BCUT2D eigenvalue weighted by atomic mass is 10.1. The molecule has 15 heteroatoms. The third-order valence-corrected chi connectivity index (χ3v) is 6.05. The number of halogens is 5. The van der Waals surface area contributed by atoms with Gasteiger partial charge in [-0.15, -0.1) is 0 Å². The van der Waals surface area contributed by atoms with Crippen LogP contribution in [0.15, 0.2) is 66.7 Å². The minimum absolute atomic E-state index is 0.0178. The van der Waals surface area contributed by atoms with E-state index in [2.05, 4.69) is 10.6 Å². The summed E-state index contributed by atoms with van der Waals surface area (Å²) in [6.45, 7) is 2.36. The SMILES string of the molecule is O=C(CN1CCN(c2ccc(C(=O)O)cc2NC(=O)c2ccc(F)cc2)CC1)Nc1ccc(F)cc1.O=C(O)C(F)(F)F. The molecule has 0 bridgehead atoms. The molecule has 1 heterocycles. The average molecular weight is 609 g/mol. The summed E-state index contributed by atoms with van der Waals surface area (Å²) in [6.07, 6.45) is -5.08. The lowest BCUT2D eigenvalue weighted by Gasteiger charge is -2.36. The van der Waals surface area contributed by atoms with E-state index in [1.54, 1.807) is 6.07 Å². The first-order chi connectivity index (χ1) is 20.2. The van der Waals surface area contributed by atoms with Crippen LogP contribution in [0.5, 0.6) is 0 Å². The molecule has 4 rings (SSSR count). The van der Waals surface area contributed by atoms with Crippen molar-refractivity contribution in [1.29, 1.82) is 0 Å². The van der Waals surface area contributed by atoms with E-state index >= 15 is 0 Å². The monoisotopic (exact) mass is 608 g/mol. The molecule has 0 aliphatic carbocycles. The van der Waals surface area contributed by atoms with E-state index < -0.39 is 29.8 Å². The number of nitrogens with zero attached hydrogens (tertiary/aromatic N) is 2. The van der Waals surface area contributed by atoms with Crippen molar-refractivity contribution >= 4 is 40.8 Å². The molecule has 0 saturated carbocycles. The summed E-state index contributed by atoms with van der Waals surface area (Å²) < 4.78 is 58.0. The first kappa shape index (κ1) is 32.5. The number of carboxylic acid groups (broad SMARTS) is 2. The second kappa shape index (κ2) is 14.2. The molecule has 1 fully saturated rings. The Morgan fingerprint density at radius 2 is 1.26 bits per heavy atom. The second-order valence-electron chi connectivity index (χ2n) is 9.12. The molecule has 0 atom stereocenters. The minimum Gasteiger partial charge on any atom is -0.478 e. The summed E-state index contributed by atoms with van der Waals surface area (Å²) in [5.41, 5.74) is 1.74. The highest BCUT2D eigenvalue weighted by molar-refractivity contribution is 6.06. The molecule has 1 aliphatic heterocycles. The number of aliphatic carboxylic acids is 1. The van der Waals surface area contributed by atoms with Crippen LogP contribution in [0.4, 0.5) is 39.0 Å². The van der Waals surface area contributed by atoms with Crippen LogP contribution in [0.25, 0.3) is 0 Å². The molecule has 0 radical (unpaired) electrons. The first-order valence-corrected chi connectivity index (χ1v) is 12.5. The summed E-state index contributed by atoms with van der Waals surface area (Å²) in [6, 6.07) is 15.1. The lowest BCUT2D eigenvalue weighted by molar-refractivity contribution is -0.192. The fourth-order valence-electron chi connectivity index (χ4n) is 3.92. The number of carbonyl (C=O) groups is 4. The first-order valence-electron chi connectivity index (χ1n) is 12.5. The number of carbonyl (C=O) groups excluding carboxylic acids is 2. The van der Waals surface area contributed by atoms with Crippen molar-refractivity contribution in [3.8, 4) is 0 Å². The van der Waals surface area contributed by atoms with Gasteiger partial charge in [0.15, 0.2) is 0 Å². The van der Waals surface area contributed by atoms with Gasteiger partial charge in [0.05, 0.1) is 23.5 Å². The number of rotatable bonds is 7. The molecule has 2 amide bonds. The molecule has 1 aliphatic rings. The molecule has 4 N–H and O–H groups in total. The summed E-state index contributed by atoms with van der Waals surface area (Å²) in [4.78, 5) is 49.4. The van der Waals surface area contributed by atoms with Crippen molar-refractivity contribution in [3.05, 3.63) is 89.5 Å². The van der Waals surface area contributed by atoms with Crippen molar-refractivity contribution in [3.63, 3.8) is 0 Å². The maximum Gasteiger partial charge on any atom is 0.490 e. The largest absolute Gasteiger partial charge is 0.490 e. The van der Waals surface area contributed by atoms with Crippen molar-refractivity contribution in [2.45, 2.75) is 6.18 Å². The number of hydrogen-bond donors (Lipinski definition) is 4. The van der Waals surface area contributed by atoms with Crippen LogP contribution in [-0.2, 0) is 9.59 Å². The quantitative estimate of drug-likeness (QED) is 0.291. The molecule has 228 valence electrons. The standard InChI is InChI=1S/C26H24F2N4O4.C2HF3O2/c27-19-4-1-17(2-5-19)25(34)30-22-15-18(26(35)36)3-10-23(22)32-13-11-31(12-14-32)16-24(33)29-21-8-6-20(28)7-9-21;3-2(4,5)1(6)7/h1-10,15H,11-14,16H2,(H,29,33)(H,30,34)(H,35,36);(H,6,7). The molecule has 10 nitrogen and oxygen atoms in total. The van der Waals surface area contributed by atoms with E-state index in [1.165, 1.54) is 60.7 Å². The second-order valence-corrected chi connectivity index (χ2v) is 9.12. The Hall–Kier alpha value is -5.05. The smallest absolute Gasteiger partial charge is 0.478 e. The van der Waals surface area contributed by atoms with E-state index in [0.717, 1.165) is 0 Å². The van der Waals surface area contributed by atoms with Crippen LogP contribution >= 0.6 is 0 Å².